The van der Waals surface area contributed by atoms with Gasteiger partial charge in [0.2, 0.25) is 10.0 Å². The lowest BCUT2D eigenvalue weighted by molar-refractivity contribution is -0.136. The van der Waals surface area contributed by atoms with Crippen molar-refractivity contribution >= 4 is 15.7 Å². The highest BCUT2D eigenvalue weighted by atomic mass is 32.2. The van der Waals surface area contributed by atoms with Crippen LogP contribution in [0.3, 0.4) is 0 Å². The van der Waals surface area contributed by atoms with Gasteiger partial charge in [-0.05, 0) is 87.3 Å². The van der Waals surface area contributed by atoms with Crippen molar-refractivity contribution in [1.29, 1.82) is 0 Å². The number of hydrogen-bond acceptors (Lipinski definition) is 3. The quantitative estimate of drug-likeness (QED) is 0.875. The van der Waals surface area contributed by atoms with Gasteiger partial charge in [0.25, 0.3) is 0 Å². The molecule has 1 aromatic rings. The summed E-state index contributed by atoms with van der Waals surface area (Å²) in [6.45, 7) is 3.35. The van der Waals surface area contributed by atoms with E-state index in [0.29, 0.717) is 17.5 Å². The van der Waals surface area contributed by atoms with Crippen molar-refractivity contribution in [2.24, 2.45) is 11.8 Å². The van der Waals surface area contributed by atoms with Gasteiger partial charge in [0.05, 0.1) is 10.9 Å². The fraction of sp³-hybridized carbons (Fsp3) is 0.684. The van der Waals surface area contributed by atoms with Crippen molar-refractivity contribution in [3.05, 3.63) is 29.8 Å². The summed E-state index contributed by atoms with van der Waals surface area (Å²) in [6.07, 6.45) is 6.42. The Bertz CT molecular complexity index is 724. The third-order valence-electron chi connectivity index (χ3n) is 6.41. The zero-order chi connectivity index (χ0) is 17.2. The van der Waals surface area contributed by atoms with Gasteiger partial charge < -0.3 is 5.11 Å². The molecule has 2 N–H and O–H groups in total. The molecule has 5 heteroatoms. The Morgan fingerprint density at radius 1 is 1.08 bits per heavy atom. The maximum atomic E-state index is 12.0. The molecule has 4 nitrogen and oxygen atoms in total. The van der Waals surface area contributed by atoms with E-state index < -0.39 is 20.9 Å². The molecule has 0 radical (unpaired) electrons. The molecule has 4 bridgehead atoms. The van der Waals surface area contributed by atoms with Crippen molar-refractivity contribution in [3.8, 4) is 0 Å². The molecule has 4 aliphatic rings. The Morgan fingerprint density at radius 3 is 2.17 bits per heavy atom. The largest absolute Gasteiger partial charge is 0.390 e. The van der Waals surface area contributed by atoms with Crippen LogP contribution < -0.4 is 4.72 Å². The van der Waals surface area contributed by atoms with Gasteiger partial charge in [0, 0.05) is 5.69 Å². The molecular weight excluding hydrogens is 322 g/mol. The first-order valence-corrected chi connectivity index (χ1v) is 10.6. The predicted octanol–water partition coefficient (Wildman–Crippen LogP) is 3.42. The lowest BCUT2D eigenvalue weighted by Gasteiger charge is -2.60. The molecule has 24 heavy (non-hydrogen) atoms. The lowest BCUT2D eigenvalue weighted by Crippen LogP contribution is -2.57. The van der Waals surface area contributed by atoms with E-state index in [9.17, 15) is 13.5 Å². The summed E-state index contributed by atoms with van der Waals surface area (Å²) in [5.74, 6) is 1.30. The summed E-state index contributed by atoms with van der Waals surface area (Å²) in [7, 11) is -3.31. The molecule has 4 saturated carbocycles. The summed E-state index contributed by atoms with van der Waals surface area (Å²) in [4.78, 5) is 0. The van der Waals surface area contributed by atoms with Gasteiger partial charge in [-0.3, -0.25) is 4.72 Å². The summed E-state index contributed by atoms with van der Waals surface area (Å²) < 4.78 is 26.7. The molecule has 4 aliphatic carbocycles. The summed E-state index contributed by atoms with van der Waals surface area (Å²) in [5, 5.41) is 10.5. The van der Waals surface area contributed by atoms with Crippen molar-refractivity contribution in [2.45, 2.75) is 68.6 Å². The number of aliphatic hydroxyl groups is 1. The minimum absolute atomic E-state index is 0.0916. The highest BCUT2D eigenvalue weighted by molar-refractivity contribution is 7.93. The molecule has 5 rings (SSSR count). The Kier molecular flexibility index (Phi) is 3.56. The van der Waals surface area contributed by atoms with E-state index in [4.69, 9.17) is 0 Å². The predicted molar refractivity (Wildman–Crippen MR) is 95.4 cm³/mol. The average molecular weight is 349 g/mol. The number of hydrogen-bond donors (Lipinski definition) is 2. The van der Waals surface area contributed by atoms with Crippen LogP contribution in [0.4, 0.5) is 5.69 Å². The van der Waals surface area contributed by atoms with Crippen LogP contribution in [0.15, 0.2) is 24.3 Å². The van der Waals surface area contributed by atoms with Crippen LogP contribution >= 0.6 is 0 Å². The fourth-order valence-electron chi connectivity index (χ4n) is 5.73. The Hall–Kier alpha value is -1.07. The van der Waals surface area contributed by atoms with Gasteiger partial charge in [0.15, 0.2) is 0 Å². The minimum atomic E-state index is -3.31. The average Bonchev–Trinajstić information content (AvgIpc) is 2.44. The van der Waals surface area contributed by atoms with Crippen molar-refractivity contribution in [3.63, 3.8) is 0 Å². The van der Waals surface area contributed by atoms with Gasteiger partial charge in [-0.1, -0.05) is 12.1 Å². The van der Waals surface area contributed by atoms with Crippen molar-refractivity contribution in [2.75, 3.05) is 4.72 Å². The highest BCUT2D eigenvalue weighted by Gasteiger charge is 2.57. The first-order valence-electron chi connectivity index (χ1n) is 9.04. The molecule has 2 atom stereocenters. The molecule has 0 aromatic heterocycles. The third-order valence-corrected chi connectivity index (χ3v) is 8.17. The number of anilines is 1. The number of benzene rings is 1. The van der Waals surface area contributed by atoms with Crippen LogP contribution in [-0.2, 0) is 15.4 Å². The molecule has 0 unspecified atom stereocenters. The van der Waals surface area contributed by atoms with Crippen LogP contribution in [0.2, 0.25) is 0 Å². The van der Waals surface area contributed by atoms with Crippen LogP contribution in [-0.4, -0.2) is 24.4 Å². The van der Waals surface area contributed by atoms with Gasteiger partial charge in [0.1, 0.15) is 0 Å². The van der Waals surface area contributed by atoms with Gasteiger partial charge >= 0.3 is 0 Å². The summed E-state index contributed by atoms with van der Waals surface area (Å²) in [5.41, 5.74) is 1.51. The van der Waals surface area contributed by atoms with E-state index >= 15 is 0 Å². The van der Waals surface area contributed by atoms with E-state index in [-0.39, 0.29) is 5.41 Å². The second-order valence-electron chi connectivity index (χ2n) is 8.74. The third kappa shape index (κ3) is 2.66. The molecule has 0 saturated heterocycles. The zero-order valence-electron chi connectivity index (χ0n) is 14.5. The van der Waals surface area contributed by atoms with Crippen LogP contribution in [0.1, 0.15) is 57.9 Å². The first kappa shape index (κ1) is 16.4. The standard InChI is InChI=1S/C19H27NO3S/c1-13(2)24(22,23)20-17-5-3-16(4-6-17)18-8-14-7-15(9-18)11-19(21,10-14)12-18/h3-6,13-15,20-21H,7-12H2,1-2H3/t14-,15-,18?,19?/m1/s1. The van der Waals surface area contributed by atoms with Gasteiger partial charge in [-0.25, -0.2) is 8.42 Å². The van der Waals surface area contributed by atoms with Crippen LogP contribution in [0.25, 0.3) is 0 Å². The molecule has 0 spiro atoms. The molecule has 1 aromatic carbocycles. The first-order chi connectivity index (χ1) is 11.2. The van der Waals surface area contributed by atoms with E-state index in [1.807, 2.05) is 12.1 Å². The fourth-order valence-corrected chi connectivity index (χ4v) is 6.43. The minimum Gasteiger partial charge on any atom is -0.390 e. The SMILES string of the molecule is CC(C)S(=O)(=O)Nc1ccc(C23C[C@H]4C[C@@H](CC(O)(C4)C2)C3)cc1. The molecule has 0 heterocycles. The van der Waals surface area contributed by atoms with E-state index in [0.717, 1.165) is 19.3 Å². The number of rotatable bonds is 4. The molecule has 4 fully saturated rings. The molecule has 132 valence electrons. The number of nitrogens with one attached hydrogen (secondary N) is 1. The summed E-state index contributed by atoms with van der Waals surface area (Å²) in [6, 6.07) is 7.87. The van der Waals surface area contributed by atoms with Gasteiger partial charge in [-0.2, -0.15) is 0 Å². The smallest absolute Gasteiger partial charge is 0.235 e. The number of sulfonamides is 1. The maximum absolute atomic E-state index is 12.0. The molecular formula is C19H27NO3S. The Morgan fingerprint density at radius 2 is 1.67 bits per heavy atom. The van der Waals surface area contributed by atoms with Gasteiger partial charge in [-0.15, -0.1) is 0 Å². The lowest BCUT2D eigenvalue weighted by atomic mass is 9.46. The molecule has 0 aliphatic heterocycles. The normalized spacial score (nSPS) is 37.8. The molecule has 0 amide bonds. The Balaban J connectivity index is 1.60. The monoisotopic (exact) mass is 349 g/mol. The van der Waals surface area contributed by atoms with E-state index in [1.165, 1.54) is 24.8 Å². The van der Waals surface area contributed by atoms with Crippen molar-refractivity contribution < 1.29 is 13.5 Å². The summed E-state index contributed by atoms with van der Waals surface area (Å²) >= 11 is 0. The second-order valence-corrected chi connectivity index (χ2v) is 11.0. The maximum Gasteiger partial charge on any atom is 0.235 e. The topological polar surface area (TPSA) is 66.4 Å². The Labute approximate surface area is 144 Å². The van der Waals surface area contributed by atoms with Crippen molar-refractivity contribution in [1.82, 2.24) is 0 Å². The van der Waals surface area contributed by atoms with Crippen LogP contribution in [0.5, 0.6) is 0 Å². The van der Waals surface area contributed by atoms with Crippen LogP contribution in [0, 0.1) is 11.8 Å². The zero-order valence-corrected chi connectivity index (χ0v) is 15.3. The van der Waals surface area contributed by atoms with E-state index in [2.05, 4.69) is 16.9 Å². The highest BCUT2D eigenvalue weighted by Crippen LogP contribution is 2.62. The van der Waals surface area contributed by atoms with E-state index in [1.54, 1.807) is 13.8 Å². The second kappa shape index (κ2) is 5.21.